The highest BCUT2D eigenvalue weighted by molar-refractivity contribution is 7.07. The molecule has 0 saturated carbocycles. The number of aryl methyl sites for hydroxylation is 1. The molecule has 1 fully saturated rings. The minimum atomic E-state index is 0.152. The first kappa shape index (κ1) is 11.8. The fourth-order valence-corrected chi connectivity index (χ4v) is 2.77. The number of aromatic nitrogens is 1. The highest BCUT2D eigenvalue weighted by Gasteiger charge is 2.16. The summed E-state index contributed by atoms with van der Waals surface area (Å²) in [6.45, 7) is 8.55. The van der Waals surface area contributed by atoms with E-state index in [4.69, 9.17) is 4.74 Å². The van der Waals surface area contributed by atoms with Gasteiger partial charge in [0.15, 0.2) is 0 Å². The molecule has 1 unspecified atom stereocenters. The van der Waals surface area contributed by atoms with Gasteiger partial charge in [-0.3, -0.25) is 9.69 Å². The molecule has 1 aliphatic heterocycles. The Morgan fingerprint density at radius 2 is 2.38 bits per heavy atom. The summed E-state index contributed by atoms with van der Waals surface area (Å²) < 4.78 is 7.34. The van der Waals surface area contributed by atoms with E-state index >= 15 is 0 Å². The molecule has 1 saturated heterocycles. The second-order valence-corrected chi connectivity index (χ2v) is 5.10. The van der Waals surface area contributed by atoms with Crippen molar-refractivity contribution in [3.63, 3.8) is 0 Å². The maximum absolute atomic E-state index is 11.5. The van der Waals surface area contributed by atoms with Crippen molar-refractivity contribution in [3.05, 3.63) is 20.7 Å². The average Bonchev–Trinajstić information content (AvgIpc) is 2.56. The molecule has 0 amide bonds. The van der Waals surface area contributed by atoms with Crippen LogP contribution in [0.1, 0.15) is 12.6 Å². The molecule has 1 aromatic rings. The standard InChI is InChI=1S/C11H18N2O2S/c1-9-8-16-11(14)13(9)4-3-12-5-6-15-10(2)7-12/h8,10H,3-7H2,1-2H3. The van der Waals surface area contributed by atoms with E-state index in [9.17, 15) is 4.79 Å². The van der Waals surface area contributed by atoms with Crippen LogP contribution in [0.4, 0.5) is 0 Å². The van der Waals surface area contributed by atoms with Crippen molar-refractivity contribution >= 4 is 11.3 Å². The predicted molar refractivity (Wildman–Crippen MR) is 65.2 cm³/mol. The van der Waals surface area contributed by atoms with Gasteiger partial charge >= 0.3 is 4.87 Å². The van der Waals surface area contributed by atoms with Crippen LogP contribution >= 0.6 is 11.3 Å². The van der Waals surface area contributed by atoms with Crippen LogP contribution < -0.4 is 4.87 Å². The third-order valence-electron chi connectivity index (χ3n) is 2.94. The van der Waals surface area contributed by atoms with Crippen LogP contribution in [0.3, 0.4) is 0 Å². The van der Waals surface area contributed by atoms with Crippen molar-refractivity contribution in [2.24, 2.45) is 0 Å². The largest absolute Gasteiger partial charge is 0.376 e. The fraction of sp³-hybridized carbons (Fsp3) is 0.727. The van der Waals surface area contributed by atoms with Crippen molar-refractivity contribution in [2.75, 3.05) is 26.2 Å². The summed E-state index contributed by atoms with van der Waals surface area (Å²) in [5.74, 6) is 0. The van der Waals surface area contributed by atoms with Crippen LogP contribution in [0.25, 0.3) is 0 Å². The van der Waals surface area contributed by atoms with E-state index < -0.39 is 0 Å². The molecule has 4 nitrogen and oxygen atoms in total. The Bertz CT molecular complexity index is 399. The zero-order valence-corrected chi connectivity index (χ0v) is 10.6. The fourth-order valence-electron chi connectivity index (χ4n) is 2.01. The van der Waals surface area contributed by atoms with E-state index in [0.717, 1.165) is 38.5 Å². The van der Waals surface area contributed by atoms with Crippen LogP contribution in [0.5, 0.6) is 0 Å². The highest BCUT2D eigenvalue weighted by Crippen LogP contribution is 2.05. The average molecular weight is 242 g/mol. The van der Waals surface area contributed by atoms with E-state index in [1.807, 2.05) is 16.9 Å². The lowest BCUT2D eigenvalue weighted by molar-refractivity contribution is -0.0192. The predicted octanol–water partition coefficient (Wildman–Crippen LogP) is 0.939. The van der Waals surface area contributed by atoms with E-state index in [0.29, 0.717) is 6.10 Å². The van der Waals surface area contributed by atoms with E-state index in [1.54, 1.807) is 0 Å². The number of thiazole rings is 1. The van der Waals surface area contributed by atoms with Gasteiger partial charge in [0.2, 0.25) is 0 Å². The van der Waals surface area contributed by atoms with Gasteiger partial charge in [-0.05, 0) is 13.8 Å². The zero-order chi connectivity index (χ0) is 11.5. The Hall–Kier alpha value is -0.650. The molecule has 1 atom stereocenters. The van der Waals surface area contributed by atoms with Crippen molar-refractivity contribution in [3.8, 4) is 0 Å². The lowest BCUT2D eigenvalue weighted by atomic mass is 10.3. The highest BCUT2D eigenvalue weighted by atomic mass is 32.1. The Kier molecular flexibility index (Phi) is 3.78. The van der Waals surface area contributed by atoms with Gasteiger partial charge in [-0.2, -0.15) is 0 Å². The third-order valence-corrected chi connectivity index (χ3v) is 3.82. The lowest BCUT2D eigenvalue weighted by Crippen LogP contribution is -2.42. The first-order chi connectivity index (χ1) is 7.66. The van der Waals surface area contributed by atoms with Crippen LogP contribution in [0.15, 0.2) is 10.2 Å². The lowest BCUT2D eigenvalue weighted by Gasteiger charge is -2.31. The SMILES string of the molecule is Cc1csc(=O)n1CCN1CCOC(C)C1. The second kappa shape index (κ2) is 5.12. The van der Waals surface area contributed by atoms with Crippen LogP contribution in [0.2, 0.25) is 0 Å². The Morgan fingerprint density at radius 1 is 1.56 bits per heavy atom. The van der Waals surface area contributed by atoms with Crippen LogP contribution in [0, 0.1) is 6.92 Å². The van der Waals surface area contributed by atoms with E-state index in [1.165, 1.54) is 11.3 Å². The molecule has 2 heterocycles. The molecule has 0 N–H and O–H groups in total. The van der Waals surface area contributed by atoms with Crippen molar-refractivity contribution in [1.82, 2.24) is 9.47 Å². The summed E-state index contributed by atoms with van der Waals surface area (Å²) in [7, 11) is 0. The van der Waals surface area contributed by atoms with Gasteiger partial charge in [0.1, 0.15) is 0 Å². The molecule has 1 aromatic heterocycles. The Morgan fingerprint density at radius 3 is 3.00 bits per heavy atom. The summed E-state index contributed by atoms with van der Waals surface area (Å²) in [4.78, 5) is 14.0. The van der Waals surface area contributed by atoms with Crippen LogP contribution in [-0.4, -0.2) is 41.8 Å². The number of hydrogen-bond acceptors (Lipinski definition) is 4. The molecule has 0 spiro atoms. The van der Waals surface area contributed by atoms with Crippen molar-refractivity contribution in [2.45, 2.75) is 26.5 Å². The number of ether oxygens (including phenoxy) is 1. The summed E-state index contributed by atoms with van der Waals surface area (Å²) in [5.41, 5.74) is 1.07. The summed E-state index contributed by atoms with van der Waals surface area (Å²) in [5, 5.41) is 1.92. The topological polar surface area (TPSA) is 34.5 Å². The van der Waals surface area contributed by atoms with Crippen LogP contribution in [-0.2, 0) is 11.3 Å². The van der Waals surface area contributed by atoms with Gasteiger partial charge in [-0.15, -0.1) is 0 Å². The molecule has 2 rings (SSSR count). The molecule has 1 aliphatic rings. The molecular weight excluding hydrogens is 224 g/mol. The van der Waals surface area contributed by atoms with Gasteiger partial charge in [-0.1, -0.05) is 11.3 Å². The van der Waals surface area contributed by atoms with Gasteiger partial charge in [-0.25, -0.2) is 0 Å². The third kappa shape index (κ3) is 2.72. The van der Waals surface area contributed by atoms with Gasteiger partial charge in [0, 0.05) is 37.3 Å². The first-order valence-electron chi connectivity index (χ1n) is 5.65. The van der Waals surface area contributed by atoms with E-state index in [-0.39, 0.29) is 4.87 Å². The summed E-state index contributed by atoms with van der Waals surface area (Å²) in [6.07, 6.45) is 0.314. The molecule has 90 valence electrons. The summed E-state index contributed by atoms with van der Waals surface area (Å²) >= 11 is 1.28. The van der Waals surface area contributed by atoms with Crippen molar-refractivity contribution < 1.29 is 4.74 Å². The minimum Gasteiger partial charge on any atom is -0.376 e. The molecule has 5 heteroatoms. The number of hydrogen-bond donors (Lipinski definition) is 0. The zero-order valence-electron chi connectivity index (χ0n) is 9.81. The number of rotatable bonds is 3. The van der Waals surface area contributed by atoms with Gasteiger partial charge in [0.05, 0.1) is 12.7 Å². The molecule has 16 heavy (non-hydrogen) atoms. The Balaban J connectivity index is 1.90. The minimum absolute atomic E-state index is 0.152. The maximum Gasteiger partial charge on any atom is 0.307 e. The molecule has 0 bridgehead atoms. The maximum atomic E-state index is 11.5. The van der Waals surface area contributed by atoms with Gasteiger partial charge in [0.25, 0.3) is 0 Å². The summed E-state index contributed by atoms with van der Waals surface area (Å²) in [6, 6.07) is 0. The molecular formula is C11H18N2O2S. The number of nitrogens with zero attached hydrogens (tertiary/aromatic N) is 2. The second-order valence-electron chi connectivity index (χ2n) is 4.28. The van der Waals surface area contributed by atoms with Gasteiger partial charge < -0.3 is 9.30 Å². The first-order valence-corrected chi connectivity index (χ1v) is 6.53. The van der Waals surface area contributed by atoms with Crippen molar-refractivity contribution in [1.29, 1.82) is 0 Å². The normalized spacial score (nSPS) is 22.5. The number of morpholine rings is 1. The molecule has 0 radical (unpaired) electrons. The molecule has 0 aromatic carbocycles. The van der Waals surface area contributed by atoms with E-state index in [2.05, 4.69) is 11.8 Å². The monoisotopic (exact) mass is 242 g/mol. The smallest absolute Gasteiger partial charge is 0.307 e. The quantitative estimate of drug-likeness (QED) is 0.791. The Labute approximate surface area is 99.4 Å². The molecule has 0 aliphatic carbocycles.